The summed E-state index contributed by atoms with van der Waals surface area (Å²) in [6.45, 7) is 5.74. The molecular formula is C39H42N2O3. The van der Waals surface area contributed by atoms with Crippen LogP contribution in [-0.2, 0) is 22.6 Å². The Bertz CT molecular complexity index is 1680. The number of benzene rings is 5. The molecule has 1 saturated heterocycles. The Morgan fingerprint density at radius 3 is 2.20 bits per heavy atom. The van der Waals surface area contributed by atoms with Crippen LogP contribution in [0.15, 0.2) is 115 Å². The van der Waals surface area contributed by atoms with Crippen LogP contribution < -0.4 is 5.73 Å². The maximum Gasteiger partial charge on any atom is 0.184 e. The number of likely N-dealkylation sites (N-methyl/N-ethyl adjacent to an activating group) is 1. The van der Waals surface area contributed by atoms with Gasteiger partial charge in [0.15, 0.2) is 6.29 Å². The summed E-state index contributed by atoms with van der Waals surface area (Å²) in [6.07, 6.45) is -0.739. The molecule has 5 atom stereocenters. The molecule has 44 heavy (non-hydrogen) atoms. The Hall–Kier alpha value is -3.84. The molecule has 0 amide bonds. The van der Waals surface area contributed by atoms with Crippen molar-refractivity contribution in [1.29, 1.82) is 0 Å². The molecule has 0 bridgehead atoms. The molecule has 0 spiro atoms. The van der Waals surface area contributed by atoms with Gasteiger partial charge < -0.3 is 20.3 Å². The van der Waals surface area contributed by atoms with Gasteiger partial charge in [0.25, 0.3) is 0 Å². The fourth-order valence-electron chi connectivity index (χ4n) is 6.29. The Balaban J connectivity index is 1.26. The number of nitrogens with two attached hydrogens (primary N) is 1. The normalized spacial score (nSPS) is 21.0. The topological polar surface area (TPSA) is 68.0 Å². The molecule has 0 aliphatic carbocycles. The van der Waals surface area contributed by atoms with E-state index in [0.717, 1.165) is 39.9 Å². The van der Waals surface area contributed by atoms with Crippen LogP contribution in [0, 0.1) is 5.92 Å². The number of rotatable bonds is 9. The van der Waals surface area contributed by atoms with Gasteiger partial charge >= 0.3 is 0 Å². The van der Waals surface area contributed by atoms with Crippen molar-refractivity contribution in [2.45, 2.75) is 51.5 Å². The number of fused-ring (bicyclic) bond motifs is 1. The van der Waals surface area contributed by atoms with Gasteiger partial charge in [0.1, 0.15) is 0 Å². The monoisotopic (exact) mass is 586 g/mol. The first-order valence-electron chi connectivity index (χ1n) is 15.5. The van der Waals surface area contributed by atoms with Gasteiger partial charge in [-0.15, -0.1) is 0 Å². The lowest BCUT2D eigenvalue weighted by Gasteiger charge is -2.43. The Morgan fingerprint density at radius 1 is 0.795 bits per heavy atom. The van der Waals surface area contributed by atoms with Crippen molar-refractivity contribution in [3.63, 3.8) is 0 Å². The van der Waals surface area contributed by atoms with Crippen molar-refractivity contribution in [1.82, 2.24) is 4.90 Å². The Labute approximate surface area is 260 Å². The predicted molar refractivity (Wildman–Crippen MR) is 178 cm³/mol. The van der Waals surface area contributed by atoms with Gasteiger partial charge in [-0.3, -0.25) is 4.90 Å². The third kappa shape index (κ3) is 6.34. The summed E-state index contributed by atoms with van der Waals surface area (Å²) in [6, 6.07) is 40.3. The molecular weight excluding hydrogens is 544 g/mol. The van der Waals surface area contributed by atoms with Crippen LogP contribution in [0.25, 0.3) is 21.9 Å². The third-order valence-corrected chi connectivity index (χ3v) is 9.24. The van der Waals surface area contributed by atoms with Gasteiger partial charge in [-0.1, -0.05) is 116 Å². The zero-order valence-electron chi connectivity index (χ0n) is 25.8. The van der Waals surface area contributed by atoms with Crippen LogP contribution in [0.5, 0.6) is 0 Å². The second-order valence-electron chi connectivity index (χ2n) is 12.0. The highest BCUT2D eigenvalue weighted by Crippen LogP contribution is 2.42. The van der Waals surface area contributed by atoms with Crippen molar-refractivity contribution in [2.75, 3.05) is 13.6 Å². The molecule has 226 valence electrons. The van der Waals surface area contributed by atoms with E-state index >= 15 is 0 Å². The summed E-state index contributed by atoms with van der Waals surface area (Å²) in [5.74, 6) is 0.105. The minimum atomic E-state index is -0.512. The molecule has 1 heterocycles. The first kappa shape index (κ1) is 30.2. The van der Waals surface area contributed by atoms with E-state index in [4.69, 9.17) is 15.2 Å². The lowest BCUT2D eigenvalue weighted by atomic mass is 9.89. The average Bonchev–Trinajstić information content (AvgIpc) is 3.08. The van der Waals surface area contributed by atoms with Gasteiger partial charge in [0, 0.05) is 30.6 Å². The highest BCUT2D eigenvalue weighted by molar-refractivity contribution is 5.83. The van der Waals surface area contributed by atoms with Gasteiger partial charge in [0.2, 0.25) is 0 Å². The number of ether oxygens (including phenoxy) is 2. The predicted octanol–water partition coefficient (Wildman–Crippen LogP) is 7.94. The molecule has 1 aliphatic heterocycles. The second-order valence-corrected chi connectivity index (χ2v) is 12.0. The molecule has 0 aromatic heterocycles. The van der Waals surface area contributed by atoms with Crippen LogP contribution in [-0.4, -0.2) is 29.7 Å². The summed E-state index contributed by atoms with van der Waals surface area (Å²) < 4.78 is 13.5. The molecule has 1 aliphatic rings. The number of aliphatic hydroxyl groups excluding tert-OH is 1. The first-order chi connectivity index (χ1) is 21.4. The molecule has 5 aromatic rings. The van der Waals surface area contributed by atoms with Crippen molar-refractivity contribution in [2.24, 2.45) is 11.7 Å². The van der Waals surface area contributed by atoms with Crippen LogP contribution in [0.2, 0.25) is 0 Å². The zero-order valence-corrected chi connectivity index (χ0v) is 25.8. The average molecular weight is 587 g/mol. The number of hydrogen-bond donors (Lipinski definition) is 2. The summed E-state index contributed by atoms with van der Waals surface area (Å²) in [7, 11) is 2.18. The number of nitrogens with zero attached hydrogens (tertiary/aromatic N) is 1. The molecule has 6 rings (SSSR count). The van der Waals surface area contributed by atoms with Gasteiger partial charge in [0.05, 0.1) is 18.8 Å². The molecule has 5 aromatic carbocycles. The molecule has 3 N–H and O–H groups in total. The van der Waals surface area contributed by atoms with E-state index in [1.165, 1.54) is 16.3 Å². The molecule has 0 radical (unpaired) electrons. The van der Waals surface area contributed by atoms with E-state index in [1.54, 1.807) is 0 Å². The van der Waals surface area contributed by atoms with Crippen LogP contribution in [0.4, 0.5) is 0 Å². The molecule has 0 unspecified atom stereocenters. The van der Waals surface area contributed by atoms with E-state index < -0.39 is 6.29 Å². The summed E-state index contributed by atoms with van der Waals surface area (Å²) in [5, 5.41) is 12.1. The van der Waals surface area contributed by atoms with E-state index in [2.05, 4.69) is 117 Å². The van der Waals surface area contributed by atoms with Crippen molar-refractivity contribution in [3.05, 3.63) is 143 Å². The minimum absolute atomic E-state index is 0.0206. The summed E-state index contributed by atoms with van der Waals surface area (Å²) in [4.78, 5) is 2.38. The Kier molecular flexibility index (Phi) is 9.22. The lowest BCUT2D eigenvalue weighted by molar-refractivity contribution is -0.276. The van der Waals surface area contributed by atoms with Crippen molar-refractivity contribution in [3.8, 4) is 11.1 Å². The van der Waals surface area contributed by atoms with Crippen LogP contribution >= 0.6 is 0 Å². The fourth-order valence-corrected chi connectivity index (χ4v) is 6.29. The van der Waals surface area contributed by atoms with Crippen molar-refractivity contribution >= 4 is 10.8 Å². The largest absolute Gasteiger partial charge is 0.392 e. The quantitative estimate of drug-likeness (QED) is 0.184. The molecule has 1 fully saturated rings. The maximum atomic E-state index is 9.60. The van der Waals surface area contributed by atoms with Crippen LogP contribution in [0.1, 0.15) is 60.1 Å². The molecule has 0 saturated carbocycles. The highest BCUT2D eigenvalue weighted by Gasteiger charge is 2.39. The van der Waals surface area contributed by atoms with Gasteiger partial charge in [-0.25, -0.2) is 0 Å². The van der Waals surface area contributed by atoms with Gasteiger partial charge in [-0.2, -0.15) is 0 Å². The summed E-state index contributed by atoms with van der Waals surface area (Å²) in [5.41, 5.74) is 13.6. The standard InChI is InChI=1S/C39H42N2O3/c1-26-37(24-41(3)27(2)33-21-16-29-8-4-5-9-34(29)22-33)43-39(44-38(26)31-14-12-28(25-42)13-15-31)32-19-17-30(18-20-32)36-11-7-6-10-35(36)23-40/h4-22,26-27,37-39,42H,23-25,40H2,1-3H3/t26-,27+,37+,38+,39+/m0/s1. The highest BCUT2D eigenvalue weighted by atomic mass is 16.7. The molecule has 5 nitrogen and oxygen atoms in total. The Morgan fingerprint density at radius 2 is 1.48 bits per heavy atom. The maximum absolute atomic E-state index is 9.60. The van der Waals surface area contributed by atoms with E-state index in [1.807, 2.05) is 24.3 Å². The molecule has 5 heteroatoms. The fraction of sp³-hybridized carbons (Fsp3) is 0.282. The lowest BCUT2D eigenvalue weighted by Crippen LogP contribution is -2.44. The van der Waals surface area contributed by atoms with E-state index in [9.17, 15) is 5.11 Å². The van der Waals surface area contributed by atoms with Crippen molar-refractivity contribution < 1.29 is 14.6 Å². The van der Waals surface area contributed by atoms with E-state index in [-0.39, 0.29) is 30.8 Å². The SMILES string of the molecule is C[C@H]1[C@@H](CN(C)[C@H](C)c2ccc3ccccc3c2)O[C@@H](c2ccc(-c3ccccc3CN)cc2)O[C@H]1c1ccc(CO)cc1. The van der Waals surface area contributed by atoms with Gasteiger partial charge in [-0.05, 0) is 64.2 Å². The zero-order chi connectivity index (χ0) is 30.6. The smallest absolute Gasteiger partial charge is 0.184 e. The number of hydrogen-bond acceptors (Lipinski definition) is 5. The number of aliphatic hydroxyl groups is 1. The van der Waals surface area contributed by atoms with Crippen LogP contribution in [0.3, 0.4) is 0 Å². The minimum Gasteiger partial charge on any atom is -0.392 e. The third-order valence-electron chi connectivity index (χ3n) is 9.24. The second kappa shape index (κ2) is 13.4. The first-order valence-corrected chi connectivity index (χ1v) is 15.5. The summed E-state index contributed by atoms with van der Waals surface area (Å²) >= 11 is 0. The van der Waals surface area contributed by atoms with E-state index in [0.29, 0.717) is 6.54 Å².